The number of carboxylic acid groups (broad SMARTS) is 1. The fraction of sp³-hybridized carbons (Fsp3) is 0.100. The van der Waals surface area contributed by atoms with Gasteiger partial charge in [0.25, 0.3) is 5.91 Å². The molecule has 0 unspecified atom stereocenters. The molecule has 0 atom stereocenters. The van der Waals surface area contributed by atoms with Crippen molar-refractivity contribution in [1.82, 2.24) is 0 Å². The number of carboxylic acids is 1. The maximum atomic E-state index is 12.6. The number of nitrogens with one attached hydrogen (secondary N) is 1. The van der Waals surface area contributed by atoms with Crippen LogP contribution in [0.15, 0.2) is 48.5 Å². The van der Waals surface area contributed by atoms with E-state index < -0.39 is 11.9 Å². The molecule has 1 amide bonds. The van der Waals surface area contributed by atoms with Crippen molar-refractivity contribution in [1.29, 1.82) is 0 Å². The van der Waals surface area contributed by atoms with Gasteiger partial charge >= 0.3 is 5.97 Å². The van der Waals surface area contributed by atoms with Crippen molar-refractivity contribution in [3.8, 4) is 0 Å². The van der Waals surface area contributed by atoms with Crippen LogP contribution in [-0.2, 0) is 6.42 Å². The number of hydrogen-bond donors (Lipinski definition) is 2. The van der Waals surface area contributed by atoms with E-state index in [-0.39, 0.29) is 21.3 Å². The summed E-state index contributed by atoms with van der Waals surface area (Å²) in [6, 6.07) is 14.0. The Morgan fingerprint density at radius 2 is 1.62 bits per heavy atom. The lowest BCUT2D eigenvalue weighted by Gasteiger charge is -2.11. The fourth-order valence-corrected chi connectivity index (χ4v) is 3.01. The van der Waals surface area contributed by atoms with Crippen LogP contribution in [0.25, 0.3) is 10.8 Å². The zero-order valence-electron chi connectivity index (χ0n) is 13.8. The molecule has 3 rings (SSSR count). The number of hydrogen-bond acceptors (Lipinski definition) is 2. The van der Waals surface area contributed by atoms with Gasteiger partial charge in [-0.15, -0.1) is 0 Å². The van der Waals surface area contributed by atoms with Gasteiger partial charge in [-0.05, 0) is 47.0 Å². The number of benzene rings is 3. The van der Waals surface area contributed by atoms with Gasteiger partial charge in [0.15, 0.2) is 0 Å². The third-order valence-electron chi connectivity index (χ3n) is 4.11. The van der Waals surface area contributed by atoms with Gasteiger partial charge in [-0.1, -0.05) is 54.4 Å². The highest BCUT2D eigenvalue weighted by molar-refractivity contribution is 6.42. The Labute approximate surface area is 160 Å². The summed E-state index contributed by atoms with van der Waals surface area (Å²) < 4.78 is 0. The molecular weight excluding hydrogens is 373 g/mol. The second kappa shape index (κ2) is 7.36. The van der Waals surface area contributed by atoms with Crippen LogP contribution in [0, 0.1) is 0 Å². The zero-order chi connectivity index (χ0) is 18.8. The second-order valence-corrected chi connectivity index (χ2v) is 6.64. The lowest BCUT2D eigenvalue weighted by Crippen LogP contribution is -2.15. The average Bonchev–Trinajstić information content (AvgIpc) is 2.63. The molecule has 0 saturated heterocycles. The Hall–Kier alpha value is -2.56. The van der Waals surface area contributed by atoms with Crippen molar-refractivity contribution in [2.45, 2.75) is 13.3 Å². The minimum absolute atomic E-state index is 0.0957. The number of aromatic carboxylic acids is 1. The van der Waals surface area contributed by atoms with E-state index >= 15 is 0 Å². The van der Waals surface area contributed by atoms with E-state index in [0.29, 0.717) is 5.56 Å². The van der Waals surface area contributed by atoms with Crippen LogP contribution in [0.5, 0.6) is 0 Å². The SMILES string of the molecule is CCc1ccc2cc(C(=O)Nc3cc(Cl)c(Cl)cc3C(=O)O)ccc2c1. The quantitative estimate of drug-likeness (QED) is 0.606. The molecule has 3 aromatic rings. The van der Waals surface area contributed by atoms with Crippen molar-refractivity contribution in [3.63, 3.8) is 0 Å². The van der Waals surface area contributed by atoms with E-state index in [4.69, 9.17) is 23.2 Å². The van der Waals surface area contributed by atoms with Gasteiger partial charge in [-0.25, -0.2) is 4.79 Å². The Morgan fingerprint density at radius 3 is 2.31 bits per heavy atom. The summed E-state index contributed by atoms with van der Waals surface area (Å²) in [5.74, 6) is -1.63. The number of amides is 1. The highest BCUT2D eigenvalue weighted by atomic mass is 35.5. The summed E-state index contributed by atoms with van der Waals surface area (Å²) >= 11 is 11.8. The number of anilines is 1. The minimum atomic E-state index is -1.20. The summed E-state index contributed by atoms with van der Waals surface area (Å²) in [7, 11) is 0. The van der Waals surface area contributed by atoms with Crippen molar-refractivity contribution >= 4 is 51.5 Å². The predicted octanol–water partition coefficient (Wildman–Crippen LogP) is 5.66. The predicted molar refractivity (Wildman–Crippen MR) is 105 cm³/mol. The van der Waals surface area contributed by atoms with Gasteiger partial charge in [-0.2, -0.15) is 0 Å². The molecule has 132 valence electrons. The molecule has 0 spiro atoms. The van der Waals surface area contributed by atoms with E-state index in [9.17, 15) is 14.7 Å². The number of carbonyl (C=O) groups excluding carboxylic acids is 1. The molecule has 26 heavy (non-hydrogen) atoms. The van der Waals surface area contributed by atoms with E-state index in [1.807, 2.05) is 18.2 Å². The number of halogens is 2. The average molecular weight is 388 g/mol. The highest BCUT2D eigenvalue weighted by Gasteiger charge is 2.16. The molecule has 0 aliphatic rings. The van der Waals surface area contributed by atoms with E-state index in [2.05, 4.69) is 18.3 Å². The third-order valence-corrected chi connectivity index (χ3v) is 4.84. The molecule has 4 nitrogen and oxygen atoms in total. The fourth-order valence-electron chi connectivity index (χ4n) is 2.68. The smallest absolute Gasteiger partial charge is 0.337 e. The van der Waals surface area contributed by atoms with Crippen molar-refractivity contribution in [3.05, 3.63) is 75.3 Å². The number of rotatable bonds is 4. The molecular formula is C20H15Cl2NO3. The summed E-state index contributed by atoms with van der Waals surface area (Å²) in [5, 5.41) is 14.2. The van der Waals surface area contributed by atoms with Gasteiger partial charge in [0.1, 0.15) is 0 Å². The lowest BCUT2D eigenvalue weighted by molar-refractivity contribution is 0.0698. The Kier molecular flexibility index (Phi) is 5.16. The van der Waals surface area contributed by atoms with Crippen LogP contribution in [-0.4, -0.2) is 17.0 Å². The van der Waals surface area contributed by atoms with Crippen LogP contribution >= 0.6 is 23.2 Å². The van der Waals surface area contributed by atoms with Gasteiger partial charge in [0.05, 0.1) is 21.3 Å². The van der Waals surface area contributed by atoms with Crippen molar-refractivity contribution < 1.29 is 14.7 Å². The maximum absolute atomic E-state index is 12.6. The lowest BCUT2D eigenvalue weighted by atomic mass is 10.0. The molecule has 0 fully saturated rings. The van der Waals surface area contributed by atoms with Gasteiger partial charge in [-0.3, -0.25) is 4.79 Å². The number of aryl methyl sites for hydroxylation is 1. The molecule has 2 N–H and O–H groups in total. The zero-order valence-corrected chi connectivity index (χ0v) is 15.4. The summed E-state index contributed by atoms with van der Waals surface area (Å²) in [4.78, 5) is 24.0. The molecule has 0 aliphatic heterocycles. The number of carbonyl (C=O) groups is 2. The normalized spacial score (nSPS) is 10.7. The highest BCUT2D eigenvalue weighted by Crippen LogP contribution is 2.29. The molecule has 0 aromatic heterocycles. The minimum Gasteiger partial charge on any atom is -0.478 e. The Bertz CT molecular complexity index is 1030. The first-order valence-corrected chi connectivity index (χ1v) is 8.71. The maximum Gasteiger partial charge on any atom is 0.337 e. The molecule has 0 saturated carbocycles. The van der Waals surface area contributed by atoms with Crippen molar-refractivity contribution in [2.24, 2.45) is 0 Å². The standard InChI is InChI=1S/C20H15Cl2NO3/c1-2-11-3-4-13-8-14(6-5-12(13)7-11)19(24)23-18-10-17(22)16(21)9-15(18)20(25)26/h3-10H,2H2,1H3,(H,23,24)(H,25,26). The number of fused-ring (bicyclic) bond motifs is 1. The first kappa shape index (κ1) is 18.2. The molecule has 0 radical (unpaired) electrons. The Morgan fingerprint density at radius 1 is 0.962 bits per heavy atom. The monoisotopic (exact) mass is 387 g/mol. The van der Waals surface area contributed by atoms with Crippen LogP contribution in [0.1, 0.15) is 33.2 Å². The van der Waals surface area contributed by atoms with Gasteiger partial charge in [0.2, 0.25) is 0 Å². The third kappa shape index (κ3) is 3.66. The molecule has 3 aromatic carbocycles. The Balaban J connectivity index is 1.94. The summed E-state index contributed by atoms with van der Waals surface area (Å²) in [6.45, 7) is 2.08. The van der Waals surface area contributed by atoms with Crippen LogP contribution in [0.3, 0.4) is 0 Å². The van der Waals surface area contributed by atoms with E-state index in [0.717, 1.165) is 17.2 Å². The van der Waals surface area contributed by atoms with Gasteiger partial charge < -0.3 is 10.4 Å². The molecule has 0 bridgehead atoms. The van der Waals surface area contributed by atoms with Crippen LogP contribution < -0.4 is 5.32 Å². The van der Waals surface area contributed by atoms with Crippen LogP contribution in [0.2, 0.25) is 10.0 Å². The first-order chi connectivity index (χ1) is 12.4. The summed E-state index contributed by atoms with van der Waals surface area (Å²) in [5.41, 5.74) is 1.61. The van der Waals surface area contributed by atoms with E-state index in [1.54, 1.807) is 12.1 Å². The molecule has 6 heteroatoms. The molecule has 0 heterocycles. The first-order valence-electron chi connectivity index (χ1n) is 7.95. The van der Waals surface area contributed by atoms with Crippen molar-refractivity contribution in [2.75, 3.05) is 5.32 Å². The van der Waals surface area contributed by atoms with Gasteiger partial charge in [0, 0.05) is 5.56 Å². The topological polar surface area (TPSA) is 66.4 Å². The van der Waals surface area contributed by atoms with Crippen LogP contribution in [0.4, 0.5) is 5.69 Å². The van der Waals surface area contributed by atoms with E-state index in [1.165, 1.54) is 17.7 Å². The molecule has 0 aliphatic carbocycles. The second-order valence-electron chi connectivity index (χ2n) is 5.82. The largest absolute Gasteiger partial charge is 0.478 e. The summed E-state index contributed by atoms with van der Waals surface area (Å²) in [6.07, 6.45) is 0.938.